The monoisotopic (exact) mass is 373 g/mol. The van der Waals surface area contributed by atoms with Crippen LogP contribution in [-0.4, -0.2) is 19.9 Å². The van der Waals surface area contributed by atoms with Gasteiger partial charge in [0.1, 0.15) is 11.5 Å². The summed E-state index contributed by atoms with van der Waals surface area (Å²) >= 11 is 18.2. The highest BCUT2D eigenvalue weighted by Crippen LogP contribution is 2.35. The summed E-state index contributed by atoms with van der Waals surface area (Å²) in [5.74, 6) is 1.29. The van der Waals surface area contributed by atoms with Gasteiger partial charge in [0.05, 0.1) is 22.2 Å². The Bertz CT molecular complexity index is 679. The standard InChI is InChI=1S/C17H18Cl3NO2/c1-4-21(12-6-5-7-13(8-12)22-3)11(2)23-17-10-15(19)14(18)9-16(17)20/h5-11H,4H2,1-3H3. The van der Waals surface area contributed by atoms with Crippen molar-refractivity contribution >= 4 is 40.5 Å². The second-order valence-electron chi connectivity index (χ2n) is 4.90. The van der Waals surface area contributed by atoms with Gasteiger partial charge in [0, 0.05) is 24.4 Å². The summed E-state index contributed by atoms with van der Waals surface area (Å²) in [5.41, 5.74) is 0.996. The van der Waals surface area contributed by atoms with Gasteiger partial charge in [-0.05, 0) is 32.0 Å². The van der Waals surface area contributed by atoms with Crippen molar-refractivity contribution in [1.29, 1.82) is 0 Å². The lowest BCUT2D eigenvalue weighted by Crippen LogP contribution is -2.37. The highest BCUT2D eigenvalue weighted by Gasteiger charge is 2.17. The van der Waals surface area contributed by atoms with Crippen LogP contribution in [0.2, 0.25) is 15.1 Å². The molecule has 0 aliphatic heterocycles. The Morgan fingerprint density at radius 3 is 2.39 bits per heavy atom. The number of methoxy groups -OCH3 is 1. The lowest BCUT2D eigenvalue weighted by Gasteiger charge is -2.31. The van der Waals surface area contributed by atoms with Crippen LogP contribution >= 0.6 is 34.8 Å². The predicted octanol–water partition coefficient (Wildman–Crippen LogP) is 5.91. The van der Waals surface area contributed by atoms with Gasteiger partial charge in [0.2, 0.25) is 0 Å². The van der Waals surface area contributed by atoms with E-state index in [9.17, 15) is 0 Å². The summed E-state index contributed by atoms with van der Waals surface area (Å²) in [5, 5.41) is 1.23. The molecule has 0 aliphatic rings. The third-order valence-electron chi connectivity index (χ3n) is 3.44. The second kappa shape index (κ2) is 8.00. The lowest BCUT2D eigenvalue weighted by molar-refractivity contribution is 0.216. The lowest BCUT2D eigenvalue weighted by atomic mass is 10.2. The SMILES string of the molecule is CCN(c1cccc(OC)c1)C(C)Oc1cc(Cl)c(Cl)cc1Cl. The van der Waals surface area contributed by atoms with Crippen LogP contribution in [0.3, 0.4) is 0 Å². The van der Waals surface area contributed by atoms with Crippen molar-refractivity contribution in [3.63, 3.8) is 0 Å². The first-order chi connectivity index (χ1) is 11.0. The number of benzene rings is 2. The summed E-state index contributed by atoms with van der Waals surface area (Å²) in [6, 6.07) is 11.0. The van der Waals surface area contributed by atoms with Gasteiger partial charge in [-0.2, -0.15) is 0 Å². The molecular weight excluding hydrogens is 357 g/mol. The van der Waals surface area contributed by atoms with E-state index in [1.54, 1.807) is 19.2 Å². The third kappa shape index (κ3) is 4.37. The molecule has 0 N–H and O–H groups in total. The van der Waals surface area contributed by atoms with Crippen LogP contribution in [0.1, 0.15) is 13.8 Å². The maximum Gasteiger partial charge on any atom is 0.169 e. The molecular formula is C17H18Cl3NO2. The van der Waals surface area contributed by atoms with Crippen LogP contribution in [0.4, 0.5) is 5.69 Å². The number of hydrogen-bond acceptors (Lipinski definition) is 3. The molecule has 3 nitrogen and oxygen atoms in total. The van der Waals surface area contributed by atoms with E-state index in [1.807, 2.05) is 31.2 Å². The molecule has 23 heavy (non-hydrogen) atoms. The number of halogens is 3. The molecule has 124 valence electrons. The van der Waals surface area contributed by atoms with Gasteiger partial charge in [-0.3, -0.25) is 0 Å². The zero-order valence-electron chi connectivity index (χ0n) is 13.1. The van der Waals surface area contributed by atoms with Gasteiger partial charge >= 0.3 is 0 Å². The summed E-state index contributed by atoms with van der Waals surface area (Å²) in [6.07, 6.45) is -0.248. The molecule has 0 heterocycles. The molecule has 2 aromatic rings. The molecule has 1 atom stereocenters. The fourth-order valence-electron chi connectivity index (χ4n) is 2.28. The van der Waals surface area contributed by atoms with Gasteiger partial charge in [-0.1, -0.05) is 40.9 Å². The number of hydrogen-bond donors (Lipinski definition) is 0. The van der Waals surface area contributed by atoms with Crippen molar-refractivity contribution < 1.29 is 9.47 Å². The molecule has 0 saturated heterocycles. The summed E-state index contributed by atoms with van der Waals surface area (Å²) < 4.78 is 11.2. The number of nitrogens with zero attached hydrogens (tertiary/aromatic N) is 1. The maximum atomic E-state index is 6.18. The van der Waals surface area contributed by atoms with Crippen molar-refractivity contribution in [3.05, 3.63) is 51.5 Å². The Morgan fingerprint density at radius 2 is 1.74 bits per heavy atom. The number of rotatable bonds is 6. The minimum Gasteiger partial charge on any atom is -0.497 e. The van der Waals surface area contributed by atoms with Crippen LogP contribution in [0.15, 0.2) is 36.4 Å². The Morgan fingerprint density at radius 1 is 1.04 bits per heavy atom. The molecule has 6 heteroatoms. The van der Waals surface area contributed by atoms with Crippen LogP contribution in [0.25, 0.3) is 0 Å². The normalized spacial score (nSPS) is 11.9. The van der Waals surface area contributed by atoms with E-state index in [1.165, 1.54) is 0 Å². The molecule has 2 rings (SSSR count). The molecule has 0 fully saturated rings. The minimum absolute atomic E-state index is 0.248. The van der Waals surface area contributed by atoms with Crippen molar-refractivity contribution in [1.82, 2.24) is 0 Å². The van der Waals surface area contributed by atoms with Crippen molar-refractivity contribution in [2.75, 3.05) is 18.6 Å². The van der Waals surface area contributed by atoms with Gasteiger partial charge in [0.25, 0.3) is 0 Å². The largest absolute Gasteiger partial charge is 0.497 e. The fraction of sp³-hybridized carbons (Fsp3) is 0.294. The van der Waals surface area contributed by atoms with Crippen molar-refractivity contribution in [2.45, 2.75) is 20.1 Å². The summed E-state index contributed by atoms with van der Waals surface area (Å²) in [7, 11) is 1.64. The molecule has 0 amide bonds. The van der Waals surface area contributed by atoms with Crippen LogP contribution in [0, 0.1) is 0 Å². The first kappa shape index (κ1) is 18.1. The third-order valence-corrected chi connectivity index (χ3v) is 4.45. The van der Waals surface area contributed by atoms with E-state index in [0.717, 1.165) is 18.0 Å². The summed E-state index contributed by atoms with van der Waals surface area (Å²) in [6.45, 7) is 4.75. The highest BCUT2D eigenvalue weighted by atomic mass is 35.5. The number of anilines is 1. The van der Waals surface area contributed by atoms with E-state index in [0.29, 0.717) is 20.8 Å². The van der Waals surface area contributed by atoms with Crippen molar-refractivity contribution in [2.24, 2.45) is 0 Å². The Labute approximate surface area is 151 Å². The molecule has 2 aromatic carbocycles. The first-order valence-electron chi connectivity index (χ1n) is 7.18. The van der Waals surface area contributed by atoms with E-state index in [-0.39, 0.29) is 6.23 Å². The van der Waals surface area contributed by atoms with Gasteiger partial charge in [-0.15, -0.1) is 0 Å². The van der Waals surface area contributed by atoms with Crippen LogP contribution in [0.5, 0.6) is 11.5 Å². The zero-order chi connectivity index (χ0) is 17.0. The Hall–Kier alpha value is -1.29. The molecule has 0 bridgehead atoms. The summed E-state index contributed by atoms with van der Waals surface area (Å²) in [4.78, 5) is 2.08. The quantitative estimate of drug-likeness (QED) is 0.463. The average molecular weight is 375 g/mol. The topological polar surface area (TPSA) is 21.7 Å². The maximum absolute atomic E-state index is 6.18. The predicted molar refractivity (Wildman–Crippen MR) is 97.6 cm³/mol. The molecule has 0 aliphatic carbocycles. The zero-order valence-corrected chi connectivity index (χ0v) is 15.4. The minimum atomic E-state index is -0.248. The second-order valence-corrected chi connectivity index (χ2v) is 6.12. The molecule has 0 spiro atoms. The van der Waals surface area contributed by atoms with Gasteiger partial charge in [-0.25, -0.2) is 0 Å². The molecule has 1 unspecified atom stereocenters. The first-order valence-corrected chi connectivity index (χ1v) is 8.31. The van der Waals surface area contributed by atoms with Gasteiger partial charge in [0.15, 0.2) is 6.23 Å². The Kier molecular flexibility index (Phi) is 6.28. The van der Waals surface area contributed by atoms with E-state index >= 15 is 0 Å². The molecule has 0 saturated carbocycles. The highest BCUT2D eigenvalue weighted by molar-refractivity contribution is 6.43. The molecule has 0 radical (unpaired) electrons. The number of ether oxygens (including phenoxy) is 2. The fourth-order valence-corrected chi connectivity index (χ4v) is 2.86. The van der Waals surface area contributed by atoms with Gasteiger partial charge < -0.3 is 14.4 Å². The van der Waals surface area contributed by atoms with Crippen LogP contribution < -0.4 is 14.4 Å². The smallest absolute Gasteiger partial charge is 0.169 e. The van der Waals surface area contributed by atoms with Crippen molar-refractivity contribution in [3.8, 4) is 11.5 Å². The van der Waals surface area contributed by atoms with E-state index < -0.39 is 0 Å². The average Bonchev–Trinajstić information content (AvgIpc) is 2.53. The van der Waals surface area contributed by atoms with Crippen LogP contribution in [-0.2, 0) is 0 Å². The molecule has 0 aromatic heterocycles. The van der Waals surface area contributed by atoms with E-state index in [4.69, 9.17) is 44.3 Å². The van der Waals surface area contributed by atoms with E-state index in [2.05, 4.69) is 11.8 Å². The Balaban J connectivity index is 2.23.